The third-order valence-corrected chi connectivity index (χ3v) is 6.62. The fourth-order valence-corrected chi connectivity index (χ4v) is 4.55. The lowest BCUT2D eigenvalue weighted by Gasteiger charge is -2.32. The van der Waals surface area contributed by atoms with Crippen molar-refractivity contribution in [3.63, 3.8) is 0 Å². The van der Waals surface area contributed by atoms with Crippen LogP contribution in [0.1, 0.15) is 31.1 Å². The topological polar surface area (TPSA) is 70.1 Å². The lowest BCUT2D eigenvalue weighted by Crippen LogP contribution is -2.45. The van der Waals surface area contributed by atoms with Crippen molar-refractivity contribution >= 4 is 27.9 Å². The fourth-order valence-electron chi connectivity index (χ4n) is 4.55. The van der Waals surface area contributed by atoms with Crippen LogP contribution < -0.4 is 0 Å². The van der Waals surface area contributed by atoms with Gasteiger partial charge in [-0.1, -0.05) is 39.0 Å². The van der Waals surface area contributed by atoms with Gasteiger partial charge in [0.15, 0.2) is 11.4 Å². The molecule has 4 aromatic rings. The average molecular weight is 445 g/mol. The van der Waals surface area contributed by atoms with Crippen LogP contribution in [0.2, 0.25) is 0 Å². The largest absolute Gasteiger partial charge is 0.345 e. The van der Waals surface area contributed by atoms with Gasteiger partial charge in [-0.25, -0.2) is 9.97 Å². The first kappa shape index (κ1) is 21.8. The molecule has 1 saturated heterocycles. The minimum absolute atomic E-state index is 0.0646. The van der Waals surface area contributed by atoms with Crippen LogP contribution in [0.25, 0.3) is 33.3 Å². The predicted octanol–water partition coefficient (Wildman–Crippen LogP) is 4.06. The van der Waals surface area contributed by atoms with E-state index in [2.05, 4.69) is 61.8 Å². The van der Waals surface area contributed by atoms with Gasteiger partial charge in [-0.2, -0.15) is 0 Å². The average Bonchev–Trinajstić information content (AvgIpc) is 3.39. The number of hydrogen-bond acceptors (Lipinski definition) is 5. The summed E-state index contributed by atoms with van der Waals surface area (Å²) in [4.78, 5) is 30.5. The number of Topliss-reactive ketones (excluding diaryl/α,β-unsaturated/α-hetero) is 1. The molecule has 7 heteroatoms. The number of nitrogens with one attached hydrogen (secondary N) is 1. The van der Waals surface area contributed by atoms with E-state index < -0.39 is 5.41 Å². The summed E-state index contributed by atoms with van der Waals surface area (Å²) in [5.41, 5.74) is 4.45. The summed E-state index contributed by atoms with van der Waals surface area (Å²) in [5, 5.41) is 1.16. The van der Waals surface area contributed by atoms with E-state index in [0.29, 0.717) is 16.7 Å². The van der Waals surface area contributed by atoms with E-state index in [9.17, 15) is 4.79 Å². The lowest BCUT2D eigenvalue weighted by atomic mass is 9.87. The molecule has 33 heavy (non-hydrogen) atoms. The van der Waals surface area contributed by atoms with E-state index >= 15 is 0 Å². The van der Waals surface area contributed by atoms with Crippen molar-refractivity contribution in [2.45, 2.75) is 27.3 Å². The standard InChI is InChI=1S/C26H32N6O/c1-26(2,3)24(33)19-15-27-25-23(19)29-21(16-28-25)20-17-32(22-8-6-5-7-18(20)22)14-13-31-11-9-30(4)10-12-31/h5-8,15-17H,9-14H2,1-4H3,(H,27,28). The normalized spacial score (nSPS) is 16.1. The Balaban J connectivity index is 1.50. The maximum Gasteiger partial charge on any atom is 0.171 e. The van der Waals surface area contributed by atoms with Gasteiger partial charge >= 0.3 is 0 Å². The molecular formula is C26H32N6O. The molecule has 0 aliphatic carbocycles. The third-order valence-electron chi connectivity index (χ3n) is 6.62. The number of H-pyrrole nitrogens is 1. The van der Waals surface area contributed by atoms with Gasteiger partial charge in [-0.3, -0.25) is 9.69 Å². The van der Waals surface area contributed by atoms with Crippen LogP contribution in [0, 0.1) is 5.41 Å². The number of nitrogens with zero attached hydrogens (tertiary/aromatic N) is 5. The van der Waals surface area contributed by atoms with Gasteiger partial charge in [0, 0.05) is 73.5 Å². The summed E-state index contributed by atoms with van der Waals surface area (Å²) in [6.45, 7) is 12.2. The van der Waals surface area contributed by atoms with Crippen molar-refractivity contribution in [1.82, 2.24) is 29.3 Å². The molecule has 7 nitrogen and oxygen atoms in total. The van der Waals surface area contributed by atoms with Crippen molar-refractivity contribution in [3.05, 3.63) is 48.4 Å². The highest BCUT2D eigenvalue weighted by Gasteiger charge is 2.26. The molecule has 0 radical (unpaired) electrons. The maximum absolute atomic E-state index is 13.0. The SMILES string of the molecule is CN1CCN(CCn2cc(-c3cnc4[nH]cc(C(=O)C(C)(C)C)c4n3)c3ccccc32)CC1. The Morgan fingerprint density at radius 2 is 1.85 bits per heavy atom. The molecule has 0 unspecified atom stereocenters. The molecule has 0 atom stereocenters. The van der Waals surface area contributed by atoms with Gasteiger partial charge in [-0.15, -0.1) is 0 Å². The fraction of sp³-hybridized carbons (Fsp3) is 0.423. The summed E-state index contributed by atoms with van der Waals surface area (Å²) >= 11 is 0. The highest BCUT2D eigenvalue weighted by atomic mass is 16.1. The van der Waals surface area contributed by atoms with E-state index in [1.54, 1.807) is 12.4 Å². The molecule has 0 amide bonds. The van der Waals surface area contributed by atoms with Crippen LogP contribution in [-0.2, 0) is 6.54 Å². The minimum atomic E-state index is -0.480. The number of likely N-dealkylation sites (N-methyl/N-ethyl adjacent to an activating group) is 1. The lowest BCUT2D eigenvalue weighted by molar-refractivity contribution is 0.0860. The van der Waals surface area contributed by atoms with Crippen LogP contribution in [0.3, 0.4) is 0 Å². The first-order valence-electron chi connectivity index (χ1n) is 11.7. The summed E-state index contributed by atoms with van der Waals surface area (Å²) < 4.78 is 2.33. The Hall–Kier alpha value is -3.03. The second-order valence-electron chi connectivity index (χ2n) is 10.1. The second-order valence-corrected chi connectivity index (χ2v) is 10.1. The number of hydrogen-bond donors (Lipinski definition) is 1. The number of para-hydroxylation sites is 1. The van der Waals surface area contributed by atoms with Gasteiger partial charge in [0.2, 0.25) is 0 Å². The molecule has 1 aromatic carbocycles. The molecule has 5 rings (SSSR count). The zero-order chi connectivity index (χ0) is 23.2. The summed E-state index contributed by atoms with van der Waals surface area (Å²) in [5.74, 6) is 0.0646. The van der Waals surface area contributed by atoms with E-state index in [1.807, 2.05) is 20.8 Å². The smallest absolute Gasteiger partial charge is 0.171 e. The number of piperazine rings is 1. The number of carbonyl (C=O) groups is 1. The summed E-state index contributed by atoms with van der Waals surface area (Å²) in [6.07, 6.45) is 5.73. The van der Waals surface area contributed by atoms with Crippen molar-refractivity contribution in [2.75, 3.05) is 39.8 Å². The number of rotatable bonds is 5. The molecule has 3 aromatic heterocycles. The van der Waals surface area contributed by atoms with Crippen LogP contribution in [0.4, 0.5) is 0 Å². The third kappa shape index (κ3) is 4.18. The van der Waals surface area contributed by atoms with Gasteiger partial charge in [0.1, 0.15) is 5.52 Å². The molecule has 0 saturated carbocycles. The molecule has 1 aliphatic heterocycles. The number of benzene rings is 1. The van der Waals surface area contributed by atoms with Crippen LogP contribution in [-0.4, -0.2) is 74.9 Å². The predicted molar refractivity (Wildman–Crippen MR) is 133 cm³/mol. The number of ketones is 1. The second kappa shape index (κ2) is 8.39. The zero-order valence-corrected chi connectivity index (χ0v) is 19.9. The number of fused-ring (bicyclic) bond motifs is 2. The summed E-state index contributed by atoms with van der Waals surface area (Å²) in [7, 11) is 2.19. The molecule has 4 heterocycles. The molecule has 1 aliphatic rings. The van der Waals surface area contributed by atoms with Gasteiger partial charge in [0.05, 0.1) is 17.5 Å². The highest BCUT2D eigenvalue weighted by molar-refractivity contribution is 6.08. The summed E-state index contributed by atoms with van der Waals surface area (Å²) in [6, 6.07) is 8.45. The van der Waals surface area contributed by atoms with Crippen molar-refractivity contribution in [3.8, 4) is 11.3 Å². The minimum Gasteiger partial charge on any atom is -0.345 e. The van der Waals surface area contributed by atoms with Crippen molar-refractivity contribution in [1.29, 1.82) is 0 Å². The highest BCUT2D eigenvalue weighted by Crippen LogP contribution is 2.31. The Morgan fingerprint density at radius 3 is 2.61 bits per heavy atom. The maximum atomic E-state index is 13.0. The molecule has 0 bridgehead atoms. The Labute approximate surface area is 194 Å². The number of aromatic amines is 1. The Kier molecular flexibility index (Phi) is 5.54. The molecular weight excluding hydrogens is 412 g/mol. The molecule has 1 fully saturated rings. The van der Waals surface area contributed by atoms with Crippen molar-refractivity contribution in [2.24, 2.45) is 5.41 Å². The first-order valence-corrected chi connectivity index (χ1v) is 11.7. The molecule has 0 spiro atoms. The Bertz CT molecular complexity index is 1300. The van der Waals surface area contributed by atoms with E-state index in [4.69, 9.17) is 4.98 Å². The molecule has 1 N–H and O–H groups in total. The van der Waals surface area contributed by atoms with E-state index in [0.717, 1.165) is 55.9 Å². The van der Waals surface area contributed by atoms with Gasteiger partial charge in [0.25, 0.3) is 0 Å². The number of carbonyl (C=O) groups excluding carboxylic acids is 1. The monoisotopic (exact) mass is 444 g/mol. The van der Waals surface area contributed by atoms with Crippen molar-refractivity contribution < 1.29 is 4.79 Å². The van der Waals surface area contributed by atoms with Crippen LogP contribution >= 0.6 is 0 Å². The van der Waals surface area contributed by atoms with Gasteiger partial charge < -0.3 is 14.5 Å². The zero-order valence-electron chi connectivity index (χ0n) is 19.9. The van der Waals surface area contributed by atoms with Gasteiger partial charge in [-0.05, 0) is 13.1 Å². The first-order chi connectivity index (χ1) is 15.8. The quantitative estimate of drug-likeness (QED) is 0.470. The number of aromatic nitrogens is 4. The molecule has 172 valence electrons. The van der Waals surface area contributed by atoms with E-state index in [-0.39, 0.29) is 5.78 Å². The Morgan fingerprint density at radius 1 is 1.09 bits per heavy atom. The van der Waals surface area contributed by atoms with Crippen LogP contribution in [0.5, 0.6) is 0 Å². The van der Waals surface area contributed by atoms with E-state index in [1.165, 1.54) is 5.52 Å². The van der Waals surface area contributed by atoms with Crippen LogP contribution in [0.15, 0.2) is 42.9 Å².